The lowest BCUT2D eigenvalue weighted by molar-refractivity contribution is 0.0158. The summed E-state index contributed by atoms with van der Waals surface area (Å²) in [5.74, 6) is 0. The van der Waals surface area contributed by atoms with Gasteiger partial charge >= 0.3 is 0 Å². The van der Waals surface area contributed by atoms with E-state index in [1.807, 2.05) is 6.92 Å². The van der Waals surface area contributed by atoms with Gasteiger partial charge in [-0.2, -0.15) is 0 Å². The molecule has 0 fully saturated rings. The summed E-state index contributed by atoms with van der Waals surface area (Å²) in [6.07, 6.45) is 0.396. The van der Waals surface area contributed by atoms with Gasteiger partial charge in [-0.15, -0.1) is 0 Å². The number of hydrogen-bond acceptors (Lipinski definition) is 5. The molecule has 0 radical (unpaired) electrons. The largest absolute Gasteiger partial charge is 0.379 e. The van der Waals surface area contributed by atoms with Crippen molar-refractivity contribution in [2.75, 3.05) is 39.6 Å². The van der Waals surface area contributed by atoms with E-state index in [4.69, 9.17) is 25.7 Å². The minimum Gasteiger partial charge on any atom is -0.379 e. The van der Waals surface area contributed by atoms with Crippen molar-refractivity contribution in [1.82, 2.24) is 0 Å². The topological polar surface area (TPSA) is 79.7 Å². The average Bonchev–Trinajstić information content (AvgIpc) is 2.15. The van der Waals surface area contributed by atoms with Crippen LogP contribution in [0.5, 0.6) is 0 Å². The second kappa shape index (κ2) is 10.9. The summed E-state index contributed by atoms with van der Waals surface area (Å²) in [7, 11) is 0. The van der Waals surface area contributed by atoms with Crippen molar-refractivity contribution in [3.8, 4) is 0 Å². The first-order valence-electron chi connectivity index (χ1n) is 5.01. The highest BCUT2D eigenvalue weighted by atomic mass is 16.5. The molecule has 14 heavy (non-hydrogen) atoms. The minimum atomic E-state index is -0.283. The highest BCUT2D eigenvalue weighted by molar-refractivity contribution is 4.48. The fourth-order valence-electron chi connectivity index (χ4n) is 0.804. The first-order chi connectivity index (χ1) is 6.77. The zero-order valence-corrected chi connectivity index (χ0v) is 8.91. The van der Waals surface area contributed by atoms with Crippen LogP contribution >= 0.6 is 0 Å². The Morgan fingerprint density at radius 3 is 1.86 bits per heavy atom. The third kappa shape index (κ3) is 11.8. The van der Waals surface area contributed by atoms with Gasteiger partial charge in [0.1, 0.15) is 0 Å². The Balaban J connectivity index is 2.85. The van der Waals surface area contributed by atoms with Crippen LogP contribution in [0.3, 0.4) is 0 Å². The summed E-state index contributed by atoms with van der Waals surface area (Å²) in [4.78, 5) is 0. The quantitative estimate of drug-likeness (QED) is 0.378. The van der Waals surface area contributed by atoms with E-state index in [0.717, 1.165) is 6.61 Å². The first-order valence-corrected chi connectivity index (χ1v) is 5.01. The molecule has 5 heteroatoms. The summed E-state index contributed by atoms with van der Waals surface area (Å²) in [5.41, 5.74) is 10.7. The van der Waals surface area contributed by atoms with E-state index in [9.17, 15) is 0 Å². The molecule has 0 aliphatic heterocycles. The molecule has 0 saturated heterocycles. The predicted octanol–water partition coefficient (Wildman–Crippen LogP) is -0.310. The molecule has 5 nitrogen and oxygen atoms in total. The van der Waals surface area contributed by atoms with Gasteiger partial charge in [-0.25, -0.2) is 0 Å². The van der Waals surface area contributed by atoms with Gasteiger partial charge in [0.15, 0.2) is 0 Å². The second-order valence-corrected chi connectivity index (χ2v) is 2.87. The second-order valence-electron chi connectivity index (χ2n) is 2.87. The SMILES string of the molecule is CCOCCOCCOCCC(N)N. The van der Waals surface area contributed by atoms with E-state index in [1.54, 1.807) is 0 Å². The van der Waals surface area contributed by atoms with Gasteiger partial charge in [-0.05, 0) is 13.3 Å². The van der Waals surface area contributed by atoms with Crippen molar-refractivity contribution in [1.29, 1.82) is 0 Å². The zero-order chi connectivity index (χ0) is 10.6. The number of nitrogens with two attached hydrogens (primary N) is 2. The zero-order valence-electron chi connectivity index (χ0n) is 8.91. The maximum absolute atomic E-state index is 5.34. The lowest BCUT2D eigenvalue weighted by Gasteiger charge is -2.07. The summed E-state index contributed by atoms with van der Waals surface area (Å²) < 4.78 is 15.5. The maximum atomic E-state index is 5.34. The molecule has 0 amide bonds. The molecule has 0 spiro atoms. The van der Waals surface area contributed by atoms with Crippen molar-refractivity contribution >= 4 is 0 Å². The Kier molecular flexibility index (Phi) is 10.7. The molecule has 0 atom stereocenters. The van der Waals surface area contributed by atoms with Gasteiger partial charge in [0.05, 0.1) is 32.6 Å². The minimum absolute atomic E-state index is 0.283. The lowest BCUT2D eigenvalue weighted by Crippen LogP contribution is -2.31. The van der Waals surface area contributed by atoms with E-state index in [2.05, 4.69) is 0 Å². The Labute approximate surface area is 85.7 Å². The van der Waals surface area contributed by atoms with Crippen LogP contribution in [0.1, 0.15) is 13.3 Å². The van der Waals surface area contributed by atoms with Crippen molar-refractivity contribution in [2.24, 2.45) is 11.5 Å². The van der Waals surface area contributed by atoms with Crippen LogP contribution < -0.4 is 11.5 Å². The van der Waals surface area contributed by atoms with E-state index < -0.39 is 0 Å². The van der Waals surface area contributed by atoms with E-state index >= 15 is 0 Å². The predicted molar refractivity (Wildman–Crippen MR) is 54.9 cm³/mol. The molecule has 0 aromatic heterocycles. The Hall–Kier alpha value is -0.200. The molecule has 86 valence electrons. The van der Waals surface area contributed by atoms with Crippen LogP contribution in [0.25, 0.3) is 0 Å². The van der Waals surface area contributed by atoms with Gasteiger partial charge in [0, 0.05) is 13.2 Å². The molecule has 0 rings (SSSR count). The Morgan fingerprint density at radius 2 is 1.36 bits per heavy atom. The van der Waals surface area contributed by atoms with Gasteiger partial charge in [-0.3, -0.25) is 0 Å². The van der Waals surface area contributed by atoms with Gasteiger partial charge in [0.25, 0.3) is 0 Å². The fraction of sp³-hybridized carbons (Fsp3) is 1.00. The summed E-state index contributed by atoms with van der Waals surface area (Å²) in [5, 5.41) is 0. The third-order valence-electron chi connectivity index (χ3n) is 1.54. The molecule has 0 unspecified atom stereocenters. The number of ether oxygens (including phenoxy) is 3. The van der Waals surface area contributed by atoms with Crippen LogP contribution in [0, 0.1) is 0 Å². The fourth-order valence-corrected chi connectivity index (χ4v) is 0.804. The van der Waals surface area contributed by atoms with Crippen molar-refractivity contribution in [3.63, 3.8) is 0 Å². The van der Waals surface area contributed by atoms with Crippen molar-refractivity contribution in [3.05, 3.63) is 0 Å². The lowest BCUT2D eigenvalue weighted by atomic mass is 10.4. The van der Waals surface area contributed by atoms with Crippen LogP contribution in [-0.2, 0) is 14.2 Å². The molecule has 0 heterocycles. The molecule has 0 aliphatic rings. The van der Waals surface area contributed by atoms with Gasteiger partial charge in [-0.1, -0.05) is 0 Å². The average molecular weight is 206 g/mol. The van der Waals surface area contributed by atoms with E-state index in [1.165, 1.54) is 0 Å². The normalized spacial score (nSPS) is 11.1. The molecule has 0 aliphatic carbocycles. The standard InChI is InChI=1S/C9H22N2O3/c1-2-12-5-6-14-8-7-13-4-3-9(10)11/h9H,2-8,10-11H2,1H3. The molecule has 0 aromatic carbocycles. The highest BCUT2D eigenvalue weighted by Crippen LogP contribution is 1.84. The summed E-state index contributed by atoms with van der Waals surface area (Å²) in [6.45, 7) is 5.71. The first kappa shape index (κ1) is 13.8. The smallest absolute Gasteiger partial charge is 0.0701 e. The van der Waals surface area contributed by atoms with Crippen LogP contribution in [-0.4, -0.2) is 45.8 Å². The highest BCUT2D eigenvalue weighted by Gasteiger charge is 1.94. The van der Waals surface area contributed by atoms with E-state index in [-0.39, 0.29) is 6.17 Å². The van der Waals surface area contributed by atoms with Crippen LogP contribution in [0.15, 0.2) is 0 Å². The molecule has 0 bridgehead atoms. The molecular weight excluding hydrogens is 184 g/mol. The number of rotatable bonds is 10. The molecule has 0 aromatic rings. The van der Waals surface area contributed by atoms with Gasteiger partial charge < -0.3 is 25.7 Å². The molecular formula is C9H22N2O3. The van der Waals surface area contributed by atoms with Crippen LogP contribution in [0.4, 0.5) is 0 Å². The van der Waals surface area contributed by atoms with E-state index in [0.29, 0.717) is 39.5 Å². The van der Waals surface area contributed by atoms with Crippen molar-refractivity contribution < 1.29 is 14.2 Å². The Bertz CT molecular complexity index is 112. The summed E-state index contributed by atoms with van der Waals surface area (Å²) in [6, 6.07) is 0. The van der Waals surface area contributed by atoms with Crippen LogP contribution in [0.2, 0.25) is 0 Å². The maximum Gasteiger partial charge on any atom is 0.0701 e. The monoisotopic (exact) mass is 206 g/mol. The number of hydrogen-bond donors (Lipinski definition) is 2. The molecule has 4 N–H and O–H groups in total. The molecule has 0 saturated carbocycles. The summed E-state index contributed by atoms with van der Waals surface area (Å²) >= 11 is 0. The Morgan fingerprint density at radius 1 is 0.857 bits per heavy atom. The van der Waals surface area contributed by atoms with Crippen molar-refractivity contribution in [2.45, 2.75) is 19.5 Å². The van der Waals surface area contributed by atoms with Gasteiger partial charge in [0.2, 0.25) is 0 Å². The third-order valence-corrected chi connectivity index (χ3v) is 1.54.